The molecule has 5 rings (SSSR count). The fourth-order valence-corrected chi connectivity index (χ4v) is 5.85. The smallest absolute Gasteiger partial charge is 0.331 e. The number of amides is 1. The first-order chi connectivity index (χ1) is 19.2. The van der Waals surface area contributed by atoms with Crippen molar-refractivity contribution >= 4 is 22.8 Å². The normalized spacial score (nSPS) is 17.4. The van der Waals surface area contributed by atoms with E-state index in [4.69, 9.17) is 5.73 Å². The number of piperidine rings is 1. The average Bonchev–Trinajstić information content (AvgIpc) is 3.22. The van der Waals surface area contributed by atoms with Crippen LogP contribution < -0.4 is 27.2 Å². The van der Waals surface area contributed by atoms with Gasteiger partial charge in [-0.25, -0.2) is 14.8 Å². The van der Waals surface area contributed by atoms with Gasteiger partial charge in [-0.05, 0) is 58.4 Å². The predicted molar refractivity (Wildman–Crippen MR) is 155 cm³/mol. The van der Waals surface area contributed by atoms with Crippen molar-refractivity contribution in [2.75, 3.05) is 24.5 Å². The molecule has 4 heterocycles. The largest absolute Gasteiger partial charge is 0.356 e. The molecule has 0 bridgehead atoms. The van der Waals surface area contributed by atoms with Crippen LogP contribution in [0.5, 0.6) is 0 Å². The zero-order valence-corrected chi connectivity index (χ0v) is 23.8. The summed E-state index contributed by atoms with van der Waals surface area (Å²) in [4.78, 5) is 52.7. The predicted octanol–water partition coefficient (Wildman–Crippen LogP) is 1.44. The Morgan fingerprint density at radius 3 is 2.45 bits per heavy atom. The van der Waals surface area contributed by atoms with Gasteiger partial charge in [-0.1, -0.05) is 12.3 Å². The molecule has 40 heavy (non-hydrogen) atoms. The minimum atomic E-state index is -0.533. The fraction of sp³-hybridized carbons (Fsp3) is 0.552. The summed E-state index contributed by atoms with van der Waals surface area (Å²) in [5, 5.41) is 3.10. The molecule has 3 aromatic heterocycles. The number of aromatic nitrogens is 5. The van der Waals surface area contributed by atoms with Crippen molar-refractivity contribution in [1.29, 1.82) is 0 Å². The van der Waals surface area contributed by atoms with Crippen molar-refractivity contribution in [2.24, 2.45) is 18.7 Å². The van der Waals surface area contributed by atoms with Crippen LogP contribution in [-0.4, -0.2) is 55.3 Å². The Morgan fingerprint density at radius 1 is 1.10 bits per heavy atom. The number of fused-ring (bicyclic) bond motifs is 1. The Bertz CT molecular complexity index is 1610. The van der Waals surface area contributed by atoms with Crippen LogP contribution in [-0.2, 0) is 20.1 Å². The van der Waals surface area contributed by atoms with Crippen LogP contribution in [0.2, 0.25) is 0 Å². The maximum atomic E-state index is 14.2. The first-order valence-corrected chi connectivity index (χ1v) is 14.0. The molecule has 0 radical (unpaired) electrons. The second-order valence-corrected chi connectivity index (χ2v) is 11.1. The molecular weight excluding hydrogens is 508 g/mol. The van der Waals surface area contributed by atoms with Crippen molar-refractivity contribution in [3.63, 3.8) is 0 Å². The SMILES string of the molecule is CC#CCn1c(N2CCC[C@@H](N)C2)c(C(=O)NCC2CCC2)c2c1c(=O)n(Cc1nc(C)cc(C)n1)c(=O)n2C. The van der Waals surface area contributed by atoms with E-state index in [2.05, 4.69) is 32.0 Å². The summed E-state index contributed by atoms with van der Waals surface area (Å²) in [6.45, 7) is 7.33. The molecule has 1 saturated heterocycles. The van der Waals surface area contributed by atoms with Gasteiger partial charge in [0.1, 0.15) is 22.7 Å². The highest BCUT2D eigenvalue weighted by molar-refractivity contribution is 6.11. The number of aryl methyl sites for hydroxylation is 3. The third kappa shape index (κ3) is 5.16. The van der Waals surface area contributed by atoms with Crippen LogP contribution in [0.15, 0.2) is 15.7 Å². The van der Waals surface area contributed by atoms with E-state index in [1.165, 1.54) is 11.0 Å². The second-order valence-electron chi connectivity index (χ2n) is 11.1. The average molecular weight is 547 g/mol. The minimum absolute atomic E-state index is 0.0643. The zero-order chi connectivity index (χ0) is 28.6. The number of hydrogen-bond donors (Lipinski definition) is 2. The van der Waals surface area contributed by atoms with Crippen LogP contribution in [0.1, 0.15) is 66.6 Å². The number of rotatable bonds is 7. The molecule has 1 amide bonds. The number of nitrogens with zero attached hydrogens (tertiary/aromatic N) is 6. The van der Waals surface area contributed by atoms with Gasteiger partial charge in [0.2, 0.25) is 0 Å². The van der Waals surface area contributed by atoms with Gasteiger partial charge < -0.3 is 20.5 Å². The van der Waals surface area contributed by atoms with E-state index in [1.807, 2.05) is 19.9 Å². The monoisotopic (exact) mass is 546 g/mol. The molecule has 1 atom stereocenters. The van der Waals surface area contributed by atoms with E-state index in [0.717, 1.165) is 41.6 Å². The molecule has 2 fully saturated rings. The highest BCUT2D eigenvalue weighted by Crippen LogP contribution is 2.33. The van der Waals surface area contributed by atoms with Crippen LogP contribution in [0, 0.1) is 31.6 Å². The number of nitrogens with two attached hydrogens (primary N) is 1. The fourth-order valence-electron chi connectivity index (χ4n) is 5.85. The molecule has 0 unspecified atom stereocenters. The summed E-state index contributed by atoms with van der Waals surface area (Å²) in [6, 6.07) is 1.78. The summed E-state index contributed by atoms with van der Waals surface area (Å²) >= 11 is 0. The molecule has 1 aliphatic carbocycles. The van der Waals surface area contributed by atoms with Crippen LogP contribution in [0.3, 0.4) is 0 Å². The Balaban J connectivity index is 1.76. The van der Waals surface area contributed by atoms with E-state index >= 15 is 0 Å². The van der Waals surface area contributed by atoms with Crippen LogP contribution in [0.25, 0.3) is 11.0 Å². The van der Waals surface area contributed by atoms with Gasteiger partial charge in [-0.15, -0.1) is 5.92 Å². The minimum Gasteiger partial charge on any atom is -0.356 e. The van der Waals surface area contributed by atoms with Gasteiger partial charge in [0, 0.05) is 44.1 Å². The van der Waals surface area contributed by atoms with Gasteiger partial charge in [-0.2, -0.15) is 0 Å². The quantitative estimate of drug-likeness (QED) is 0.429. The lowest BCUT2D eigenvalue weighted by atomic mass is 9.85. The Labute approximate surface area is 233 Å². The number of carbonyl (C=O) groups is 1. The highest BCUT2D eigenvalue weighted by Gasteiger charge is 2.33. The molecule has 0 aromatic carbocycles. The number of carbonyl (C=O) groups excluding carboxylic acids is 1. The highest BCUT2D eigenvalue weighted by atomic mass is 16.2. The molecule has 11 nitrogen and oxygen atoms in total. The van der Waals surface area contributed by atoms with Gasteiger partial charge in [0.25, 0.3) is 11.5 Å². The lowest BCUT2D eigenvalue weighted by Crippen LogP contribution is -2.44. The lowest BCUT2D eigenvalue weighted by Gasteiger charge is -2.33. The van der Waals surface area contributed by atoms with Crippen molar-refractivity contribution in [3.8, 4) is 11.8 Å². The molecule has 1 aliphatic heterocycles. The van der Waals surface area contributed by atoms with Gasteiger partial charge in [0.05, 0.1) is 18.6 Å². The van der Waals surface area contributed by atoms with Crippen molar-refractivity contribution in [1.82, 2.24) is 29.0 Å². The zero-order valence-electron chi connectivity index (χ0n) is 23.8. The number of nitrogens with one attached hydrogen (secondary N) is 1. The Kier molecular flexibility index (Phi) is 7.81. The van der Waals surface area contributed by atoms with E-state index in [9.17, 15) is 14.4 Å². The van der Waals surface area contributed by atoms with Crippen LogP contribution >= 0.6 is 0 Å². The van der Waals surface area contributed by atoms with Crippen molar-refractivity contribution < 1.29 is 4.79 Å². The molecule has 3 N–H and O–H groups in total. The van der Waals surface area contributed by atoms with E-state index in [-0.39, 0.29) is 30.6 Å². The molecule has 3 aromatic rings. The molecule has 1 saturated carbocycles. The summed E-state index contributed by atoms with van der Waals surface area (Å²) < 4.78 is 4.35. The maximum absolute atomic E-state index is 14.2. The van der Waals surface area contributed by atoms with Gasteiger partial charge in [-0.3, -0.25) is 18.7 Å². The Hall–Kier alpha value is -3.91. The summed E-state index contributed by atoms with van der Waals surface area (Å²) in [7, 11) is 1.60. The molecule has 2 aliphatic rings. The van der Waals surface area contributed by atoms with E-state index in [0.29, 0.717) is 48.3 Å². The maximum Gasteiger partial charge on any atom is 0.331 e. The standard InChI is InChI=1S/C29H38N8O3/c1-5-6-13-36-25-24(34(4)29(40)37(28(25)39)17-22-32-18(2)14-19(3)33-22)23(26(38)31-15-20-9-7-10-20)27(36)35-12-8-11-21(30)16-35/h14,20-21H,7-13,15-17,30H2,1-4H3,(H,31,38)/t21-/m1/s1. The van der Waals surface area contributed by atoms with E-state index < -0.39 is 11.2 Å². The molecule has 212 valence electrons. The van der Waals surface area contributed by atoms with E-state index in [1.54, 1.807) is 18.5 Å². The molecular formula is C29H38N8O3. The topological polar surface area (TPSA) is 133 Å². The van der Waals surface area contributed by atoms with Gasteiger partial charge in [0.15, 0.2) is 0 Å². The van der Waals surface area contributed by atoms with Crippen molar-refractivity contribution in [2.45, 2.75) is 72.0 Å². The molecule has 11 heteroatoms. The third-order valence-electron chi connectivity index (χ3n) is 8.01. The first kappa shape index (κ1) is 27.6. The lowest BCUT2D eigenvalue weighted by molar-refractivity contribution is 0.0940. The van der Waals surface area contributed by atoms with Crippen molar-refractivity contribution in [3.05, 3.63) is 49.7 Å². The summed E-state index contributed by atoms with van der Waals surface area (Å²) in [5.41, 5.74) is 7.73. The second kappa shape index (κ2) is 11.3. The number of anilines is 1. The third-order valence-corrected chi connectivity index (χ3v) is 8.01. The molecule has 0 spiro atoms. The first-order valence-electron chi connectivity index (χ1n) is 14.0. The summed E-state index contributed by atoms with van der Waals surface area (Å²) in [5.74, 6) is 7.12. The number of hydrogen-bond acceptors (Lipinski definition) is 7. The van der Waals surface area contributed by atoms with Gasteiger partial charge >= 0.3 is 5.69 Å². The Morgan fingerprint density at radius 2 is 1.82 bits per heavy atom. The summed E-state index contributed by atoms with van der Waals surface area (Å²) in [6.07, 6.45) is 5.09. The van der Waals surface area contributed by atoms with Crippen LogP contribution in [0.4, 0.5) is 5.82 Å².